The molecule has 0 spiro atoms. The van der Waals surface area contributed by atoms with Gasteiger partial charge in [-0.15, -0.1) is 0 Å². The summed E-state index contributed by atoms with van der Waals surface area (Å²) < 4.78 is 0. The molecule has 3 aliphatic rings. The van der Waals surface area contributed by atoms with Gasteiger partial charge in [0, 0.05) is 29.2 Å². The van der Waals surface area contributed by atoms with Gasteiger partial charge < -0.3 is 4.98 Å². The van der Waals surface area contributed by atoms with Crippen molar-refractivity contribution in [3.63, 3.8) is 0 Å². The third kappa shape index (κ3) is 2.07. The maximum absolute atomic E-state index is 5.04. The van der Waals surface area contributed by atoms with E-state index in [2.05, 4.69) is 42.4 Å². The molecule has 2 heteroatoms. The fourth-order valence-corrected chi connectivity index (χ4v) is 4.03. The van der Waals surface area contributed by atoms with E-state index in [0.29, 0.717) is 6.04 Å². The number of hydrogen-bond donors (Lipinski definition) is 1. The van der Waals surface area contributed by atoms with E-state index in [1.165, 1.54) is 47.9 Å². The fraction of sp³-hybridized carbons (Fsp3) is 0.500. The van der Waals surface area contributed by atoms with Crippen LogP contribution < -0.4 is 0 Å². The first-order valence-corrected chi connectivity index (χ1v) is 7.88. The molecule has 1 unspecified atom stereocenters. The summed E-state index contributed by atoms with van der Waals surface area (Å²) in [4.78, 5) is 8.40. The van der Waals surface area contributed by atoms with Gasteiger partial charge in [0.25, 0.3) is 0 Å². The van der Waals surface area contributed by atoms with E-state index in [4.69, 9.17) is 4.99 Å². The zero-order valence-corrected chi connectivity index (χ0v) is 12.1. The molecule has 1 atom stereocenters. The number of aromatic nitrogens is 1. The lowest BCUT2D eigenvalue weighted by Crippen LogP contribution is -2.39. The zero-order valence-electron chi connectivity index (χ0n) is 12.1. The first-order chi connectivity index (χ1) is 9.79. The van der Waals surface area contributed by atoms with E-state index >= 15 is 0 Å². The molecule has 1 heterocycles. The summed E-state index contributed by atoms with van der Waals surface area (Å²) in [6.45, 7) is 2.20. The monoisotopic (exact) mass is 266 g/mol. The summed E-state index contributed by atoms with van der Waals surface area (Å²) in [5.74, 6) is 1.94. The number of aliphatic imine (C=N–C) groups is 1. The van der Waals surface area contributed by atoms with Crippen LogP contribution in [0.3, 0.4) is 0 Å². The van der Waals surface area contributed by atoms with Gasteiger partial charge in [-0.2, -0.15) is 0 Å². The van der Waals surface area contributed by atoms with Gasteiger partial charge in [0.2, 0.25) is 0 Å². The Bertz CT molecular complexity index is 643. The molecule has 104 valence electrons. The van der Waals surface area contributed by atoms with E-state index in [1.807, 2.05) is 0 Å². The highest BCUT2D eigenvalue weighted by Crippen LogP contribution is 2.46. The van der Waals surface area contributed by atoms with E-state index in [0.717, 1.165) is 18.3 Å². The summed E-state index contributed by atoms with van der Waals surface area (Å²) in [5, 5.41) is 1.34. The highest BCUT2D eigenvalue weighted by atomic mass is 14.8. The SMILES string of the molecule is CC(Cc1c[nH]c2ccccc12)=NC1CCC2CC1C2. The first-order valence-electron chi connectivity index (χ1n) is 7.88. The first kappa shape index (κ1) is 12.2. The van der Waals surface area contributed by atoms with Gasteiger partial charge in [-0.05, 0) is 56.1 Å². The Kier molecular flexibility index (Phi) is 2.90. The van der Waals surface area contributed by atoms with Crippen molar-refractivity contribution >= 4 is 16.6 Å². The quantitative estimate of drug-likeness (QED) is 0.800. The number of nitrogens with one attached hydrogen (secondary N) is 1. The Morgan fingerprint density at radius 1 is 1.25 bits per heavy atom. The van der Waals surface area contributed by atoms with Crippen LogP contribution in [0.25, 0.3) is 10.9 Å². The average molecular weight is 266 g/mol. The van der Waals surface area contributed by atoms with Crippen molar-refractivity contribution in [3.05, 3.63) is 36.0 Å². The normalized spacial score (nSPS) is 29.4. The molecule has 2 aromatic rings. The smallest absolute Gasteiger partial charge is 0.0527 e. The fourth-order valence-electron chi connectivity index (χ4n) is 4.03. The molecule has 0 saturated heterocycles. The highest BCUT2D eigenvalue weighted by Gasteiger charge is 2.39. The third-order valence-corrected chi connectivity index (χ3v) is 5.19. The molecule has 1 aromatic heterocycles. The molecule has 0 amide bonds. The topological polar surface area (TPSA) is 28.1 Å². The Balaban J connectivity index is 1.53. The number of fused-ring (bicyclic) bond motifs is 3. The number of benzene rings is 1. The summed E-state index contributed by atoms with van der Waals surface area (Å²) in [6, 6.07) is 9.15. The molecule has 5 rings (SSSR count). The lowest BCUT2D eigenvalue weighted by Gasteiger charge is -2.45. The van der Waals surface area contributed by atoms with Crippen molar-refractivity contribution in [2.45, 2.75) is 45.1 Å². The molecular weight excluding hydrogens is 244 g/mol. The van der Waals surface area contributed by atoms with E-state index < -0.39 is 0 Å². The molecule has 3 saturated carbocycles. The number of aromatic amines is 1. The second-order valence-corrected chi connectivity index (χ2v) is 6.64. The number of rotatable bonds is 3. The van der Waals surface area contributed by atoms with E-state index in [-0.39, 0.29) is 0 Å². The molecule has 2 bridgehead atoms. The van der Waals surface area contributed by atoms with Gasteiger partial charge in [-0.1, -0.05) is 18.2 Å². The van der Waals surface area contributed by atoms with Crippen LogP contribution in [0.15, 0.2) is 35.5 Å². The second kappa shape index (κ2) is 4.76. The predicted octanol–water partition coefficient (Wildman–Crippen LogP) is 4.36. The molecule has 3 aliphatic carbocycles. The van der Waals surface area contributed by atoms with Crippen molar-refractivity contribution in [2.75, 3.05) is 0 Å². The van der Waals surface area contributed by atoms with Crippen LogP contribution in [0.4, 0.5) is 0 Å². The highest BCUT2D eigenvalue weighted by molar-refractivity contribution is 5.91. The summed E-state index contributed by atoms with van der Waals surface area (Å²) in [6.07, 6.45) is 8.73. The Morgan fingerprint density at radius 2 is 2.10 bits per heavy atom. The number of H-pyrrole nitrogens is 1. The molecule has 2 nitrogen and oxygen atoms in total. The van der Waals surface area contributed by atoms with Crippen LogP contribution in [0.5, 0.6) is 0 Å². The van der Waals surface area contributed by atoms with Gasteiger partial charge in [0.1, 0.15) is 0 Å². The number of hydrogen-bond acceptors (Lipinski definition) is 1. The minimum atomic E-state index is 0.616. The average Bonchev–Trinajstić information content (AvgIpc) is 2.81. The minimum Gasteiger partial charge on any atom is -0.361 e. The van der Waals surface area contributed by atoms with Crippen molar-refractivity contribution in [1.82, 2.24) is 4.98 Å². The maximum atomic E-state index is 5.04. The second-order valence-electron chi connectivity index (χ2n) is 6.64. The van der Waals surface area contributed by atoms with Gasteiger partial charge in [-0.25, -0.2) is 0 Å². The number of para-hydroxylation sites is 1. The van der Waals surface area contributed by atoms with Crippen molar-refractivity contribution in [1.29, 1.82) is 0 Å². The van der Waals surface area contributed by atoms with Crippen LogP contribution in [0, 0.1) is 11.8 Å². The van der Waals surface area contributed by atoms with Gasteiger partial charge in [0.05, 0.1) is 6.04 Å². The molecule has 1 N–H and O–H groups in total. The maximum Gasteiger partial charge on any atom is 0.0527 e. The zero-order chi connectivity index (χ0) is 13.5. The Labute approximate surface area is 120 Å². The molecule has 3 fully saturated rings. The minimum absolute atomic E-state index is 0.616. The summed E-state index contributed by atoms with van der Waals surface area (Å²) in [5.41, 5.74) is 3.91. The van der Waals surface area contributed by atoms with Gasteiger partial charge in [0.15, 0.2) is 0 Å². The van der Waals surface area contributed by atoms with Crippen LogP contribution >= 0.6 is 0 Å². The predicted molar refractivity (Wildman–Crippen MR) is 84.3 cm³/mol. The van der Waals surface area contributed by atoms with E-state index in [1.54, 1.807) is 0 Å². The van der Waals surface area contributed by atoms with Crippen LogP contribution in [0.1, 0.15) is 38.2 Å². The van der Waals surface area contributed by atoms with Crippen molar-refractivity contribution in [3.8, 4) is 0 Å². The summed E-state index contributed by atoms with van der Waals surface area (Å²) >= 11 is 0. The van der Waals surface area contributed by atoms with Crippen molar-refractivity contribution < 1.29 is 0 Å². The van der Waals surface area contributed by atoms with Crippen LogP contribution in [0.2, 0.25) is 0 Å². The lowest BCUT2D eigenvalue weighted by molar-refractivity contribution is 0.0927. The molecule has 0 radical (unpaired) electrons. The Morgan fingerprint density at radius 3 is 2.90 bits per heavy atom. The molecule has 0 aliphatic heterocycles. The third-order valence-electron chi connectivity index (χ3n) is 5.19. The largest absolute Gasteiger partial charge is 0.361 e. The summed E-state index contributed by atoms with van der Waals surface area (Å²) in [7, 11) is 0. The van der Waals surface area contributed by atoms with Gasteiger partial charge >= 0.3 is 0 Å². The molecular formula is C18H22N2. The van der Waals surface area contributed by atoms with Gasteiger partial charge in [-0.3, -0.25) is 4.99 Å². The standard InChI is InChI=1S/C18H22N2/c1-12(20-17-7-6-13-9-14(17)10-13)8-15-11-19-18-5-3-2-4-16(15)18/h2-5,11,13-14,17,19H,6-10H2,1H3. The Hall–Kier alpha value is -1.57. The van der Waals surface area contributed by atoms with E-state index in [9.17, 15) is 0 Å². The lowest BCUT2D eigenvalue weighted by atomic mass is 9.63. The molecule has 20 heavy (non-hydrogen) atoms. The van der Waals surface area contributed by atoms with Crippen LogP contribution in [-0.4, -0.2) is 16.7 Å². The van der Waals surface area contributed by atoms with Crippen LogP contribution in [-0.2, 0) is 6.42 Å². The van der Waals surface area contributed by atoms with Crippen molar-refractivity contribution in [2.24, 2.45) is 16.8 Å². The molecule has 1 aromatic carbocycles. The number of nitrogens with zero attached hydrogens (tertiary/aromatic N) is 1.